The molecule has 2 rings (SSSR count). The van der Waals surface area contributed by atoms with E-state index in [0.29, 0.717) is 5.69 Å². The molecule has 0 saturated carbocycles. The van der Waals surface area contributed by atoms with Crippen molar-refractivity contribution in [3.05, 3.63) is 18.2 Å². The molecule has 29 heavy (non-hydrogen) atoms. The zero-order chi connectivity index (χ0) is 21.8. The van der Waals surface area contributed by atoms with Crippen LogP contribution in [0.3, 0.4) is 0 Å². The molecular weight excluding hydrogens is 388 g/mol. The minimum atomic E-state index is -2.22. The van der Waals surface area contributed by atoms with E-state index in [0.717, 1.165) is 0 Å². The number of aromatic amines is 1. The minimum absolute atomic E-state index is 0.00201. The summed E-state index contributed by atoms with van der Waals surface area (Å²) in [6.45, 7) is 2.38. The molecule has 6 atom stereocenters. The maximum atomic E-state index is 12.7. The Kier molecular flexibility index (Phi) is 7.68. The zero-order valence-electron chi connectivity index (χ0n) is 16.1. The van der Waals surface area contributed by atoms with Crippen LogP contribution in [0.25, 0.3) is 0 Å². The van der Waals surface area contributed by atoms with E-state index in [-0.39, 0.29) is 12.3 Å². The zero-order valence-corrected chi connectivity index (χ0v) is 16.1. The number of carbonyl (C=O) groups is 2. The largest absolute Gasteiger partial charge is 0.480 e. The number of nitrogens with zero attached hydrogens (tertiary/aromatic N) is 1. The molecule has 0 aliphatic carbocycles. The highest BCUT2D eigenvalue weighted by molar-refractivity contribution is 5.87. The van der Waals surface area contributed by atoms with Gasteiger partial charge in [0, 0.05) is 18.3 Å². The predicted molar refractivity (Wildman–Crippen MR) is 97.4 cm³/mol. The number of ether oxygens (including phenoxy) is 1. The van der Waals surface area contributed by atoms with E-state index < -0.39 is 61.2 Å². The molecule has 0 radical (unpaired) electrons. The van der Waals surface area contributed by atoms with E-state index in [2.05, 4.69) is 20.6 Å². The van der Waals surface area contributed by atoms with E-state index in [1.54, 1.807) is 13.8 Å². The van der Waals surface area contributed by atoms with E-state index in [1.807, 2.05) is 0 Å². The fourth-order valence-corrected chi connectivity index (χ4v) is 3.13. The van der Waals surface area contributed by atoms with E-state index in [4.69, 9.17) is 9.84 Å². The highest BCUT2D eigenvalue weighted by Crippen LogP contribution is 2.28. The summed E-state index contributed by atoms with van der Waals surface area (Å²) in [6, 6.07) is -2.13. The number of carboxylic acid groups (broad SMARTS) is 1. The Morgan fingerprint density at radius 3 is 2.55 bits per heavy atom. The molecule has 0 aromatic carbocycles. The molecule has 12 heteroatoms. The number of amides is 1. The summed E-state index contributed by atoms with van der Waals surface area (Å²) in [5.41, 5.74) is 0.535. The number of hydrogen-bond donors (Lipinski definition) is 8. The molecule has 1 amide bonds. The lowest BCUT2D eigenvalue weighted by Crippen LogP contribution is -2.58. The van der Waals surface area contributed by atoms with Crippen LogP contribution in [0, 0.1) is 5.92 Å². The summed E-state index contributed by atoms with van der Waals surface area (Å²) in [6.07, 6.45) is -1.51. The van der Waals surface area contributed by atoms with Crippen molar-refractivity contribution in [3.8, 4) is 0 Å². The summed E-state index contributed by atoms with van der Waals surface area (Å²) in [5, 5.41) is 54.0. The molecule has 0 spiro atoms. The molecule has 1 fully saturated rings. The SMILES string of the molecule is CC(C)[C@H](NC[C@]1(O)O[C@H](CO)[C@@H](O)[C@@H]1O)C(=O)N[C@@H](Cc1cnc[nH]1)C(=O)O. The molecular formula is C17H28N4O8. The first-order valence-electron chi connectivity index (χ1n) is 9.20. The Balaban J connectivity index is 2.02. The first-order chi connectivity index (χ1) is 13.6. The van der Waals surface area contributed by atoms with Crippen molar-refractivity contribution in [1.29, 1.82) is 0 Å². The Bertz CT molecular complexity index is 685. The third kappa shape index (κ3) is 5.50. The summed E-state index contributed by atoms with van der Waals surface area (Å²) in [5.74, 6) is -4.38. The summed E-state index contributed by atoms with van der Waals surface area (Å²) in [7, 11) is 0. The molecule has 1 saturated heterocycles. The van der Waals surface area contributed by atoms with Gasteiger partial charge in [-0.25, -0.2) is 9.78 Å². The van der Waals surface area contributed by atoms with Crippen molar-refractivity contribution >= 4 is 11.9 Å². The Labute approximate surface area is 166 Å². The highest BCUT2D eigenvalue weighted by Gasteiger charge is 2.53. The van der Waals surface area contributed by atoms with Gasteiger partial charge in [0.15, 0.2) is 0 Å². The van der Waals surface area contributed by atoms with Crippen LogP contribution >= 0.6 is 0 Å². The number of carbonyl (C=O) groups excluding carboxylic acids is 1. The van der Waals surface area contributed by atoms with Gasteiger partial charge in [-0.3, -0.25) is 4.79 Å². The van der Waals surface area contributed by atoms with Crippen LogP contribution in [0.15, 0.2) is 12.5 Å². The molecule has 0 unspecified atom stereocenters. The standard InChI is InChI=1S/C17H28N4O8/c1-8(2)12(19-6-17(28)14(24)13(23)11(5-22)29-17)15(25)21-10(16(26)27)3-9-4-18-7-20-9/h4,7-8,10-14,19,22-24,28H,3,5-6H2,1-2H3,(H,18,20)(H,21,25)(H,26,27)/t10-,11+,12-,13+,14-,17-/m0/s1. The van der Waals surface area contributed by atoms with Crippen LogP contribution < -0.4 is 10.6 Å². The van der Waals surface area contributed by atoms with Crippen molar-refractivity contribution in [2.75, 3.05) is 13.2 Å². The quantitative estimate of drug-likeness (QED) is 0.194. The molecule has 12 nitrogen and oxygen atoms in total. The van der Waals surface area contributed by atoms with Crippen molar-refractivity contribution in [2.45, 2.75) is 56.5 Å². The minimum Gasteiger partial charge on any atom is -0.480 e. The molecule has 164 valence electrons. The fraction of sp³-hybridized carbons (Fsp3) is 0.706. The lowest BCUT2D eigenvalue weighted by Gasteiger charge is -2.30. The summed E-state index contributed by atoms with van der Waals surface area (Å²) < 4.78 is 5.13. The second-order valence-electron chi connectivity index (χ2n) is 7.40. The summed E-state index contributed by atoms with van der Waals surface area (Å²) in [4.78, 5) is 30.8. The number of aliphatic hydroxyl groups excluding tert-OH is 3. The lowest BCUT2D eigenvalue weighted by molar-refractivity contribution is -0.227. The van der Waals surface area contributed by atoms with Crippen molar-refractivity contribution in [2.24, 2.45) is 5.92 Å². The highest BCUT2D eigenvalue weighted by atomic mass is 16.7. The molecule has 1 aliphatic heterocycles. The molecule has 2 heterocycles. The third-order valence-corrected chi connectivity index (χ3v) is 4.82. The number of hydrogen-bond acceptors (Lipinski definition) is 9. The molecule has 1 aromatic rings. The Hall–Kier alpha value is -2.09. The molecule has 8 N–H and O–H groups in total. The molecule has 0 bridgehead atoms. The van der Waals surface area contributed by atoms with Gasteiger partial charge in [-0.2, -0.15) is 0 Å². The van der Waals surface area contributed by atoms with Gasteiger partial charge in [0.25, 0.3) is 0 Å². The van der Waals surface area contributed by atoms with Crippen molar-refractivity contribution < 1.29 is 39.9 Å². The number of carboxylic acids is 1. The van der Waals surface area contributed by atoms with Gasteiger partial charge in [0.2, 0.25) is 11.7 Å². The van der Waals surface area contributed by atoms with Crippen LogP contribution in [0.2, 0.25) is 0 Å². The van der Waals surface area contributed by atoms with Crippen LogP contribution in [0.5, 0.6) is 0 Å². The second kappa shape index (κ2) is 9.61. The monoisotopic (exact) mass is 416 g/mol. The van der Waals surface area contributed by atoms with Crippen LogP contribution in [0.4, 0.5) is 0 Å². The van der Waals surface area contributed by atoms with Crippen LogP contribution in [0.1, 0.15) is 19.5 Å². The van der Waals surface area contributed by atoms with Gasteiger partial charge in [-0.15, -0.1) is 0 Å². The van der Waals surface area contributed by atoms with Crippen LogP contribution in [-0.4, -0.2) is 96.7 Å². The second-order valence-corrected chi connectivity index (χ2v) is 7.40. The maximum absolute atomic E-state index is 12.7. The number of aliphatic carboxylic acids is 1. The van der Waals surface area contributed by atoms with E-state index in [1.165, 1.54) is 12.5 Å². The fourth-order valence-electron chi connectivity index (χ4n) is 3.13. The van der Waals surface area contributed by atoms with Crippen LogP contribution in [-0.2, 0) is 20.7 Å². The number of imidazole rings is 1. The molecule has 1 aliphatic rings. The Morgan fingerprint density at radius 2 is 2.07 bits per heavy atom. The first-order valence-corrected chi connectivity index (χ1v) is 9.20. The van der Waals surface area contributed by atoms with E-state index in [9.17, 15) is 30.0 Å². The summed E-state index contributed by atoms with van der Waals surface area (Å²) >= 11 is 0. The van der Waals surface area contributed by atoms with Crippen molar-refractivity contribution in [1.82, 2.24) is 20.6 Å². The first kappa shape index (κ1) is 23.2. The molecule has 1 aromatic heterocycles. The average molecular weight is 416 g/mol. The van der Waals surface area contributed by atoms with Gasteiger partial charge in [0.1, 0.15) is 24.4 Å². The number of nitrogens with one attached hydrogen (secondary N) is 3. The van der Waals surface area contributed by atoms with Gasteiger partial charge >= 0.3 is 5.97 Å². The number of H-pyrrole nitrogens is 1. The topological polar surface area (TPSA) is 197 Å². The van der Waals surface area contributed by atoms with Gasteiger partial charge in [-0.05, 0) is 5.92 Å². The van der Waals surface area contributed by atoms with E-state index >= 15 is 0 Å². The normalized spacial score (nSPS) is 29.0. The van der Waals surface area contributed by atoms with Gasteiger partial charge in [0.05, 0.1) is 25.5 Å². The van der Waals surface area contributed by atoms with Gasteiger partial charge < -0.3 is 45.9 Å². The smallest absolute Gasteiger partial charge is 0.326 e. The Morgan fingerprint density at radius 1 is 1.38 bits per heavy atom. The average Bonchev–Trinajstić information content (AvgIpc) is 3.23. The number of aromatic nitrogens is 2. The predicted octanol–water partition coefficient (Wildman–Crippen LogP) is -3.06. The number of aliphatic hydroxyl groups is 4. The van der Waals surface area contributed by atoms with Gasteiger partial charge in [-0.1, -0.05) is 13.8 Å². The number of rotatable bonds is 10. The lowest BCUT2D eigenvalue weighted by atomic mass is 10.0. The van der Waals surface area contributed by atoms with Crippen molar-refractivity contribution in [3.63, 3.8) is 0 Å². The maximum Gasteiger partial charge on any atom is 0.326 e. The third-order valence-electron chi connectivity index (χ3n) is 4.82.